The Kier molecular flexibility index (Phi) is 6.87. The van der Waals surface area contributed by atoms with Crippen LogP contribution in [-0.4, -0.2) is 41.8 Å². The summed E-state index contributed by atoms with van der Waals surface area (Å²) in [5, 5.41) is 8.74. The maximum atomic E-state index is 12.2. The molecule has 0 aromatic carbocycles. The predicted molar refractivity (Wildman–Crippen MR) is 58.8 cm³/mol. The second-order valence-corrected chi connectivity index (χ2v) is 3.74. The molecule has 0 spiro atoms. The minimum atomic E-state index is -4.25. The molecule has 0 rings (SSSR count). The number of carboxylic acids is 1. The van der Waals surface area contributed by atoms with Crippen molar-refractivity contribution in [3.8, 4) is 0 Å². The third kappa shape index (κ3) is 7.79. The van der Waals surface area contributed by atoms with Crippen molar-refractivity contribution >= 4 is 5.97 Å². The van der Waals surface area contributed by atoms with Crippen LogP contribution in [0, 0.1) is 0 Å². The number of alkyl halides is 3. The summed E-state index contributed by atoms with van der Waals surface area (Å²) in [5.74, 6) is -1.07. The highest BCUT2D eigenvalue weighted by Gasteiger charge is 2.29. The van der Waals surface area contributed by atoms with Gasteiger partial charge in [-0.15, -0.1) is 0 Å². The zero-order chi connectivity index (χ0) is 13.5. The topological polar surface area (TPSA) is 40.5 Å². The van der Waals surface area contributed by atoms with Crippen LogP contribution >= 0.6 is 0 Å². The minimum absolute atomic E-state index is 0.0167. The van der Waals surface area contributed by atoms with E-state index in [1.807, 2.05) is 0 Å². The van der Waals surface area contributed by atoms with E-state index in [2.05, 4.69) is 0 Å². The van der Waals surface area contributed by atoms with Crippen LogP contribution < -0.4 is 0 Å². The standard InChI is InChI=1S/C11H18F3NO2/c1-3-6-15(8-11(12,13)14)7-5-9(4-2)10(16)17/h5H,3-4,6-8H2,1-2H3,(H,16,17). The molecule has 0 aliphatic rings. The first-order valence-corrected chi connectivity index (χ1v) is 5.51. The molecule has 0 radical (unpaired) electrons. The third-order valence-electron chi connectivity index (χ3n) is 2.19. The number of rotatable bonds is 7. The average Bonchev–Trinajstić information content (AvgIpc) is 2.15. The summed E-state index contributed by atoms with van der Waals surface area (Å²) in [7, 11) is 0. The molecule has 0 aromatic heterocycles. The van der Waals surface area contributed by atoms with Crippen LogP contribution in [0.2, 0.25) is 0 Å². The highest BCUT2D eigenvalue weighted by molar-refractivity contribution is 5.86. The zero-order valence-electron chi connectivity index (χ0n) is 10.0. The van der Waals surface area contributed by atoms with Crippen LogP contribution in [0.15, 0.2) is 11.6 Å². The largest absolute Gasteiger partial charge is 0.478 e. The first-order valence-electron chi connectivity index (χ1n) is 5.51. The molecule has 3 nitrogen and oxygen atoms in total. The first-order chi connectivity index (χ1) is 7.80. The number of hydrogen-bond acceptors (Lipinski definition) is 2. The fraction of sp³-hybridized carbons (Fsp3) is 0.727. The van der Waals surface area contributed by atoms with Crippen molar-refractivity contribution in [2.75, 3.05) is 19.6 Å². The fourth-order valence-electron chi connectivity index (χ4n) is 1.43. The fourth-order valence-corrected chi connectivity index (χ4v) is 1.43. The lowest BCUT2D eigenvalue weighted by Crippen LogP contribution is -2.35. The molecule has 0 fully saturated rings. The van der Waals surface area contributed by atoms with Gasteiger partial charge in [-0.1, -0.05) is 19.9 Å². The van der Waals surface area contributed by atoms with Crippen molar-refractivity contribution in [2.24, 2.45) is 0 Å². The van der Waals surface area contributed by atoms with Gasteiger partial charge in [-0.25, -0.2) is 4.79 Å². The van der Waals surface area contributed by atoms with Gasteiger partial charge in [0, 0.05) is 12.1 Å². The second kappa shape index (κ2) is 7.32. The number of aliphatic carboxylic acids is 1. The normalized spacial score (nSPS) is 13.2. The predicted octanol–water partition coefficient (Wildman–Crippen LogP) is 2.68. The van der Waals surface area contributed by atoms with Gasteiger partial charge in [-0.05, 0) is 19.4 Å². The number of nitrogens with zero attached hydrogens (tertiary/aromatic N) is 1. The minimum Gasteiger partial charge on any atom is -0.478 e. The summed E-state index contributed by atoms with van der Waals surface area (Å²) in [6.45, 7) is 2.75. The maximum absolute atomic E-state index is 12.2. The Morgan fingerprint density at radius 3 is 2.29 bits per heavy atom. The van der Waals surface area contributed by atoms with Crippen molar-refractivity contribution in [2.45, 2.75) is 32.9 Å². The van der Waals surface area contributed by atoms with Gasteiger partial charge in [0.05, 0.1) is 6.54 Å². The molecule has 6 heteroatoms. The molecule has 0 atom stereocenters. The van der Waals surface area contributed by atoms with Crippen molar-refractivity contribution in [3.05, 3.63) is 11.6 Å². The summed E-state index contributed by atoms with van der Waals surface area (Å²) < 4.78 is 36.6. The molecule has 100 valence electrons. The van der Waals surface area contributed by atoms with Crippen molar-refractivity contribution in [3.63, 3.8) is 0 Å². The molecule has 0 amide bonds. The van der Waals surface area contributed by atoms with Gasteiger partial charge in [0.2, 0.25) is 0 Å². The van der Waals surface area contributed by atoms with Crippen LogP contribution in [0.3, 0.4) is 0 Å². The summed E-state index contributed by atoms with van der Waals surface area (Å²) in [6.07, 6.45) is -2.00. The average molecular weight is 253 g/mol. The Labute approximate surface area is 98.9 Å². The smallest absolute Gasteiger partial charge is 0.401 e. The lowest BCUT2D eigenvalue weighted by molar-refractivity contribution is -0.144. The van der Waals surface area contributed by atoms with E-state index in [0.29, 0.717) is 19.4 Å². The highest BCUT2D eigenvalue weighted by Crippen LogP contribution is 2.16. The maximum Gasteiger partial charge on any atom is 0.401 e. The van der Waals surface area contributed by atoms with Gasteiger partial charge in [-0.3, -0.25) is 4.90 Å². The lowest BCUT2D eigenvalue weighted by Gasteiger charge is -2.21. The molecule has 0 aliphatic heterocycles. The monoisotopic (exact) mass is 253 g/mol. The van der Waals surface area contributed by atoms with Crippen molar-refractivity contribution in [1.82, 2.24) is 4.90 Å². The molecule has 17 heavy (non-hydrogen) atoms. The van der Waals surface area contributed by atoms with Gasteiger partial charge in [0.25, 0.3) is 0 Å². The first kappa shape index (κ1) is 16.0. The third-order valence-corrected chi connectivity index (χ3v) is 2.19. The molecule has 0 bridgehead atoms. The van der Waals surface area contributed by atoms with E-state index in [1.165, 1.54) is 11.0 Å². The van der Waals surface area contributed by atoms with E-state index in [0.717, 1.165) is 0 Å². The summed E-state index contributed by atoms with van der Waals surface area (Å²) in [5.41, 5.74) is 0.147. The van der Waals surface area contributed by atoms with Crippen LogP contribution in [0.5, 0.6) is 0 Å². The molecule has 0 unspecified atom stereocenters. The van der Waals surface area contributed by atoms with Crippen LogP contribution in [-0.2, 0) is 4.79 Å². The van der Waals surface area contributed by atoms with Crippen LogP contribution in [0.1, 0.15) is 26.7 Å². The Balaban J connectivity index is 4.49. The molecular weight excluding hydrogens is 235 g/mol. The van der Waals surface area contributed by atoms with E-state index < -0.39 is 18.7 Å². The Morgan fingerprint density at radius 1 is 1.35 bits per heavy atom. The summed E-state index contributed by atoms with van der Waals surface area (Å²) >= 11 is 0. The van der Waals surface area contributed by atoms with Crippen LogP contribution in [0.4, 0.5) is 13.2 Å². The Bertz CT molecular complexity index is 274. The van der Waals surface area contributed by atoms with Gasteiger partial charge < -0.3 is 5.11 Å². The zero-order valence-corrected chi connectivity index (χ0v) is 10.0. The summed E-state index contributed by atoms with van der Waals surface area (Å²) in [6, 6.07) is 0. The van der Waals surface area contributed by atoms with E-state index >= 15 is 0 Å². The molecule has 0 saturated carbocycles. The molecular formula is C11H18F3NO2. The Morgan fingerprint density at radius 2 is 1.94 bits per heavy atom. The quantitative estimate of drug-likeness (QED) is 0.709. The van der Waals surface area contributed by atoms with Crippen molar-refractivity contribution < 1.29 is 23.1 Å². The number of halogens is 3. The molecule has 0 saturated heterocycles. The van der Waals surface area contributed by atoms with E-state index in [-0.39, 0.29) is 12.1 Å². The van der Waals surface area contributed by atoms with Gasteiger partial charge in [0.1, 0.15) is 0 Å². The second-order valence-electron chi connectivity index (χ2n) is 3.74. The van der Waals surface area contributed by atoms with Gasteiger partial charge >= 0.3 is 12.1 Å². The van der Waals surface area contributed by atoms with Gasteiger partial charge in [0.15, 0.2) is 0 Å². The molecule has 1 N–H and O–H groups in total. The number of hydrogen-bond donors (Lipinski definition) is 1. The van der Waals surface area contributed by atoms with Crippen LogP contribution in [0.25, 0.3) is 0 Å². The molecule has 0 aliphatic carbocycles. The van der Waals surface area contributed by atoms with E-state index in [9.17, 15) is 18.0 Å². The van der Waals surface area contributed by atoms with Crippen molar-refractivity contribution in [1.29, 1.82) is 0 Å². The molecule has 0 heterocycles. The summed E-state index contributed by atoms with van der Waals surface area (Å²) in [4.78, 5) is 11.9. The van der Waals surface area contributed by atoms with E-state index in [4.69, 9.17) is 5.11 Å². The molecule has 0 aromatic rings. The Hall–Kier alpha value is -1.04. The SMILES string of the molecule is CCCN(CC=C(CC)C(=O)O)CC(F)(F)F. The number of carbonyl (C=O) groups is 1. The number of carboxylic acid groups (broad SMARTS) is 1. The lowest BCUT2D eigenvalue weighted by atomic mass is 10.2. The van der Waals surface area contributed by atoms with Gasteiger partial charge in [-0.2, -0.15) is 13.2 Å². The van der Waals surface area contributed by atoms with E-state index in [1.54, 1.807) is 13.8 Å². The highest BCUT2D eigenvalue weighted by atomic mass is 19.4.